The molecule has 11 heteroatoms. The molecule has 2 saturated heterocycles. The number of aromatic nitrogens is 6. The van der Waals surface area contributed by atoms with Crippen LogP contribution in [0.4, 0.5) is 23.1 Å². The quantitative estimate of drug-likeness (QED) is 0.345. The first-order valence-corrected chi connectivity index (χ1v) is 12.6. The summed E-state index contributed by atoms with van der Waals surface area (Å²) in [4.78, 5) is 13.8. The molecule has 4 N–H and O–H groups in total. The van der Waals surface area contributed by atoms with Crippen LogP contribution in [0.5, 0.6) is 5.75 Å². The normalized spacial score (nSPS) is 18.2. The molecule has 0 amide bonds. The Morgan fingerprint density at radius 1 is 1.11 bits per heavy atom. The molecule has 4 aromatic rings. The van der Waals surface area contributed by atoms with Crippen LogP contribution in [0.3, 0.4) is 0 Å². The number of piperazine rings is 1. The van der Waals surface area contributed by atoms with Gasteiger partial charge in [0.25, 0.3) is 0 Å². The van der Waals surface area contributed by atoms with Crippen molar-refractivity contribution in [2.75, 3.05) is 40.5 Å². The first kappa shape index (κ1) is 23.5. The molecular formula is C27H28N10O. The van der Waals surface area contributed by atoms with E-state index < -0.39 is 0 Å². The number of nitrogens with zero attached hydrogens (tertiary/aromatic N) is 8. The van der Waals surface area contributed by atoms with Crippen LogP contribution in [-0.2, 0) is 7.05 Å². The van der Waals surface area contributed by atoms with E-state index in [2.05, 4.69) is 47.2 Å². The Kier molecular flexibility index (Phi) is 6.13. The van der Waals surface area contributed by atoms with Crippen molar-refractivity contribution in [2.45, 2.75) is 24.9 Å². The average molecular weight is 509 g/mol. The number of rotatable bonds is 5. The molecule has 11 nitrogen and oxygen atoms in total. The first-order chi connectivity index (χ1) is 18.5. The molecule has 2 atom stereocenters. The molecular weight excluding hydrogens is 480 g/mol. The molecule has 2 aliphatic heterocycles. The zero-order chi connectivity index (χ0) is 26.1. The predicted octanol–water partition coefficient (Wildman–Crippen LogP) is 2.28. The van der Waals surface area contributed by atoms with Crippen LogP contribution in [0.15, 0.2) is 54.9 Å². The van der Waals surface area contributed by atoms with Gasteiger partial charge in [-0.25, -0.2) is 9.97 Å². The summed E-state index contributed by atoms with van der Waals surface area (Å²) in [5.41, 5.74) is 8.34. The summed E-state index contributed by atoms with van der Waals surface area (Å²) >= 11 is 0. The Morgan fingerprint density at radius 2 is 1.92 bits per heavy atom. The maximum absolute atomic E-state index is 10.3. The lowest BCUT2D eigenvalue weighted by Crippen LogP contribution is -2.54. The van der Waals surface area contributed by atoms with E-state index >= 15 is 0 Å². The minimum atomic E-state index is 0.164. The maximum Gasteiger partial charge on any atom is 0.206 e. The molecule has 0 radical (unpaired) electrons. The summed E-state index contributed by atoms with van der Waals surface area (Å²) in [5.74, 6) is 8.87. The number of benzene rings is 1. The molecule has 3 aromatic heterocycles. The van der Waals surface area contributed by atoms with Gasteiger partial charge in [-0.3, -0.25) is 4.68 Å². The van der Waals surface area contributed by atoms with Gasteiger partial charge in [0.2, 0.25) is 5.82 Å². The van der Waals surface area contributed by atoms with Gasteiger partial charge >= 0.3 is 0 Å². The second kappa shape index (κ2) is 9.89. The van der Waals surface area contributed by atoms with Crippen molar-refractivity contribution in [3.63, 3.8) is 0 Å². The van der Waals surface area contributed by atoms with Crippen molar-refractivity contribution in [1.82, 2.24) is 29.9 Å². The second-order valence-corrected chi connectivity index (χ2v) is 9.48. The van der Waals surface area contributed by atoms with Crippen LogP contribution in [0.1, 0.15) is 18.7 Å². The number of anilines is 4. The number of para-hydroxylation sites is 1. The van der Waals surface area contributed by atoms with Gasteiger partial charge in [-0.15, -0.1) is 10.2 Å². The predicted molar refractivity (Wildman–Crippen MR) is 146 cm³/mol. The Morgan fingerprint density at radius 3 is 2.68 bits per heavy atom. The summed E-state index contributed by atoms with van der Waals surface area (Å²) < 4.78 is 1.74. The van der Waals surface area contributed by atoms with Gasteiger partial charge in [-0.05, 0) is 43.0 Å². The van der Waals surface area contributed by atoms with E-state index in [1.54, 1.807) is 23.0 Å². The Hall–Kier alpha value is -4.85. The van der Waals surface area contributed by atoms with E-state index in [1.165, 1.54) is 0 Å². The van der Waals surface area contributed by atoms with Gasteiger partial charge in [0.15, 0.2) is 5.82 Å². The third-order valence-electron chi connectivity index (χ3n) is 6.98. The smallest absolute Gasteiger partial charge is 0.206 e. The molecule has 2 fully saturated rings. The summed E-state index contributed by atoms with van der Waals surface area (Å²) in [5, 5.41) is 26.2. The van der Waals surface area contributed by atoms with Crippen LogP contribution >= 0.6 is 0 Å². The molecule has 0 spiro atoms. The van der Waals surface area contributed by atoms with E-state index in [1.807, 2.05) is 43.6 Å². The number of aromatic hydroxyl groups is 1. The fraction of sp³-hybridized carbons (Fsp3) is 0.296. The number of hydrogen-bond donors (Lipinski definition) is 3. The van der Waals surface area contributed by atoms with Crippen LogP contribution in [-0.4, -0.2) is 66.8 Å². The maximum atomic E-state index is 10.3. The fourth-order valence-corrected chi connectivity index (χ4v) is 5.26. The van der Waals surface area contributed by atoms with E-state index in [4.69, 9.17) is 10.7 Å². The molecule has 2 aliphatic rings. The number of hydrogen-bond acceptors (Lipinski definition) is 10. The molecule has 0 saturated carbocycles. The molecule has 5 heterocycles. The SMILES string of the molecule is Cn1ccc(NCC#Cc2nccc(N3[C@@H]4CC[C@H]3CN(c3cc(-c5ccccc5O)nnc3N)C4)n2)n1. The Bertz CT molecular complexity index is 1510. The molecule has 38 heavy (non-hydrogen) atoms. The number of fused-ring (bicyclic) bond motifs is 2. The highest BCUT2D eigenvalue weighted by Crippen LogP contribution is 2.38. The Labute approximate surface area is 220 Å². The monoisotopic (exact) mass is 508 g/mol. The van der Waals surface area contributed by atoms with Crippen LogP contribution < -0.4 is 20.9 Å². The number of nitrogens with one attached hydrogen (secondary N) is 1. The van der Waals surface area contributed by atoms with Crippen molar-refractivity contribution in [1.29, 1.82) is 0 Å². The van der Waals surface area contributed by atoms with Crippen molar-refractivity contribution in [2.24, 2.45) is 7.05 Å². The summed E-state index contributed by atoms with van der Waals surface area (Å²) in [6.45, 7) is 2.02. The third-order valence-corrected chi connectivity index (χ3v) is 6.98. The topological polar surface area (TPSA) is 134 Å². The van der Waals surface area contributed by atoms with E-state index in [0.717, 1.165) is 43.3 Å². The average Bonchev–Trinajstić information content (AvgIpc) is 3.46. The minimum Gasteiger partial charge on any atom is -0.507 e. The Balaban J connectivity index is 1.17. The fourth-order valence-electron chi connectivity index (χ4n) is 5.26. The number of nitrogens with two attached hydrogens (primary N) is 1. The number of nitrogen functional groups attached to an aromatic ring is 1. The summed E-state index contributed by atoms with van der Waals surface area (Å²) in [6.07, 6.45) is 5.77. The van der Waals surface area contributed by atoms with Gasteiger partial charge in [-0.1, -0.05) is 18.1 Å². The van der Waals surface area contributed by atoms with Crippen molar-refractivity contribution < 1.29 is 5.11 Å². The largest absolute Gasteiger partial charge is 0.507 e. The van der Waals surface area contributed by atoms with E-state index in [9.17, 15) is 5.11 Å². The van der Waals surface area contributed by atoms with Gasteiger partial charge in [-0.2, -0.15) is 5.10 Å². The second-order valence-electron chi connectivity index (χ2n) is 9.48. The number of aryl methyl sites for hydroxylation is 1. The lowest BCUT2D eigenvalue weighted by Gasteiger charge is -2.42. The van der Waals surface area contributed by atoms with Crippen LogP contribution in [0.2, 0.25) is 0 Å². The van der Waals surface area contributed by atoms with E-state index in [-0.39, 0.29) is 17.8 Å². The highest BCUT2D eigenvalue weighted by molar-refractivity contribution is 5.74. The van der Waals surface area contributed by atoms with E-state index in [0.29, 0.717) is 29.4 Å². The highest BCUT2D eigenvalue weighted by Gasteiger charge is 2.41. The zero-order valence-electron chi connectivity index (χ0n) is 21.0. The lowest BCUT2D eigenvalue weighted by molar-refractivity contribution is 0.477. The van der Waals surface area contributed by atoms with Gasteiger partial charge in [0, 0.05) is 56.2 Å². The zero-order valence-corrected chi connectivity index (χ0v) is 21.0. The number of phenols is 1. The van der Waals surface area contributed by atoms with Crippen LogP contribution in [0, 0.1) is 11.8 Å². The minimum absolute atomic E-state index is 0.164. The van der Waals surface area contributed by atoms with Gasteiger partial charge in [0.1, 0.15) is 17.4 Å². The highest BCUT2D eigenvalue weighted by atomic mass is 16.3. The molecule has 0 unspecified atom stereocenters. The molecule has 192 valence electrons. The van der Waals surface area contributed by atoms with Crippen molar-refractivity contribution >= 4 is 23.1 Å². The third kappa shape index (κ3) is 4.64. The first-order valence-electron chi connectivity index (χ1n) is 12.6. The van der Waals surface area contributed by atoms with Crippen LogP contribution in [0.25, 0.3) is 11.3 Å². The summed E-state index contributed by atoms with van der Waals surface area (Å²) in [7, 11) is 1.87. The lowest BCUT2D eigenvalue weighted by atomic mass is 10.1. The molecule has 0 aliphatic carbocycles. The van der Waals surface area contributed by atoms with Gasteiger partial charge < -0.3 is 26.0 Å². The molecule has 1 aromatic carbocycles. The molecule has 6 rings (SSSR count). The molecule has 2 bridgehead atoms. The van der Waals surface area contributed by atoms with Crippen molar-refractivity contribution in [3.05, 3.63) is 60.7 Å². The summed E-state index contributed by atoms with van der Waals surface area (Å²) in [6, 6.07) is 13.4. The number of phenolic OH excluding ortho intramolecular Hbond substituents is 1. The van der Waals surface area contributed by atoms with Gasteiger partial charge in [0.05, 0.1) is 17.9 Å². The standard InChI is InChI=1S/C27H28N10O/c1-35-14-11-25(34-35)29-12-4-7-24-30-13-10-26(31-24)37-18-8-9-19(37)17-36(16-18)22-15-21(32-33-27(22)28)20-5-2-3-6-23(20)38/h2-3,5-6,10-11,13-15,18-19,38H,8-9,12,16-17H2,1H3,(H2,28,33)(H,29,34)/t18-,19+. The van der Waals surface area contributed by atoms with Crippen molar-refractivity contribution in [3.8, 4) is 28.8 Å².